The van der Waals surface area contributed by atoms with Gasteiger partial charge in [0.05, 0.1) is 17.4 Å². The zero-order chi connectivity index (χ0) is 12.3. The van der Waals surface area contributed by atoms with Crippen molar-refractivity contribution < 1.29 is 9.59 Å². The molecule has 18 heavy (non-hydrogen) atoms. The minimum Gasteiger partial charge on any atom is -0.315 e. The largest absolute Gasteiger partial charge is 0.315 e. The first-order valence-electron chi connectivity index (χ1n) is 5.99. The number of nitrogens with one attached hydrogen (secondary N) is 1. The van der Waals surface area contributed by atoms with Crippen LogP contribution in [0.5, 0.6) is 0 Å². The van der Waals surface area contributed by atoms with Gasteiger partial charge in [-0.25, -0.2) is 4.98 Å². The Hall–Kier alpha value is -2.17. The summed E-state index contributed by atoms with van der Waals surface area (Å²) in [6.45, 7) is 0. The van der Waals surface area contributed by atoms with E-state index in [1.807, 2.05) is 28.8 Å². The highest BCUT2D eigenvalue weighted by Crippen LogP contribution is 2.48. The molecule has 1 aliphatic carbocycles. The molecule has 0 atom stereocenters. The van der Waals surface area contributed by atoms with E-state index in [0.29, 0.717) is 12.8 Å². The lowest BCUT2D eigenvalue weighted by molar-refractivity contribution is -0.156. The van der Waals surface area contributed by atoms with Gasteiger partial charge >= 0.3 is 0 Å². The Bertz CT molecular complexity index is 682. The Morgan fingerprint density at radius 2 is 2.06 bits per heavy atom. The molecule has 0 unspecified atom stereocenters. The van der Waals surface area contributed by atoms with Gasteiger partial charge in [-0.2, -0.15) is 0 Å². The van der Waals surface area contributed by atoms with Crippen LogP contribution in [-0.2, 0) is 15.1 Å². The van der Waals surface area contributed by atoms with Gasteiger partial charge < -0.3 is 4.57 Å². The van der Waals surface area contributed by atoms with Crippen LogP contribution in [0.4, 0.5) is 0 Å². The minimum absolute atomic E-state index is 0.0242. The second-order valence-corrected chi connectivity index (χ2v) is 5.06. The molecule has 2 bridgehead atoms. The maximum Gasteiger partial charge on any atom is 0.252 e. The van der Waals surface area contributed by atoms with Gasteiger partial charge in [0.15, 0.2) is 0 Å². The number of imide groups is 1. The second-order valence-electron chi connectivity index (χ2n) is 5.06. The van der Waals surface area contributed by atoms with Crippen molar-refractivity contribution in [1.29, 1.82) is 0 Å². The smallest absolute Gasteiger partial charge is 0.252 e. The molecule has 0 radical (unpaired) electrons. The maximum absolute atomic E-state index is 12.1. The molecule has 1 aromatic carbocycles. The number of benzene rings is 1. The molecule has 1 N–H and O–H groups in total. The number of piperidine rings is 2. The molecule has 1 aromatic heterocycles. The summed E-state index contributed by atoms with van der Waals surface area (Å²) in [5.41, 5.74) is 1.22. The Morgan fingerprint density at radius 1 is 1.28 bits per heavy atom. The lowest BCUT2D eigenvalue weighted by Crippen LogP contribution is -2.66. The molecule has 2 amide bonds. The fraction of sp³-hybridized carbons (Fsp3) is 0.308. The van der Waals surface area contributed by atoms with E-state index in [2.05, 4.69) is 10.3 Å². The SMILES string of the molecule is O=C1NC(=O)C2(n3cnc4ccccc43)CC1C2. The van der Waals surface area contributed by atoms with Crippen molar-refractivity contribution in [2.24, 2.45) is 5.92 Å². The van der Waals surface area contributed by atoms with E-state index in [0.717, 1.165) is 11.0 Å². The van der Waals surface area contributed by atoms with Crippen molar-refractivity contribution in [2.45, 2.75) is 18.4 Å². The Balaban J connectivity index is 1.89. The zero-order valence-electron chi connectivity index (χ0n) is 9.59. The van der Waals surface area contributed by atoms with Crippen LogP contribution in [-0.4, -0.2) is 21.4 Å². The van der Waals surface area contributed by atoms with Crippen LogP contribution in [0.1, 0.15) is 12.8 Å². The first-order valence-corrected chi connectivity index (χ1v) is 5.99. The van der Waals surface area contributed by atoms with Gasteiger partial charge in [-0.05, 0) is 25.0 Å². The van der Waals surface area contributed by atoms with Crippen LogP contribution in [0.25, 0.3) is 11.0 Å². The lowest BCUT2D eigenvalue weighted by atomic mass is 9.64. The van der Waals surface area contributed by atoms with Crippen LogP contribution in [0, 0.1) is 5.92 Å². The van der Waals surface area contributed by atoms with Crippen LogP contribution >= 0.6 is 0 Å². The van der Waals surface area contributed by atoms with E-state index in [4.69, 9.17) is 0 Å². The molecule has 2 saturated heterocycles. The number of aromatic nitrogens is 2. The molecule has 5 heteroatoms. The molecule has 5 nitrogen and oxygen atoms in total. The molecule has 3 heterocycles. The van der Waals surface area contributed by atoms with Gasteiger partial charge in [-0.3, -0.25) is 14.9 Å². The van der Waals surface area contributed by atoms with Crippen LogP contribution in [0.2, 0.25) is 0 Å². The van der Waals surface area contributed by atoms with Gasteiger partial charge in [0.25, 0.3) is 5.91 Å². The van der Waals surface area contributed by atoms with E-state index in [-0.39, 0.29) is 17.7 Å². The quantitative estimate of drug-likeness (QED) is 0.751. The van der Waals surface area contributed by atoms with E-state index in [9.17, 15) is 9.59 Å². The van der Waals surface area contributed by atoms with Gasteiger partial charge in [-0.15, -0.1) is 0 Å². The van der Waals surface area contributed by atoms with Crippen molar-refractivity contribution >= 4 is 22.8 Å². The Labute approximate surface area is 103 Å². The number of rotatable bonds is 1. The topological polar surface area (TPSA) is 64.0 Å². The van der Waals surface area contributed by atoms with E-state index in [1.165, 1.54) is 0 Å². The fourth-order valence-electron chi connectivity index (χ4n) is 3.06. The van der Waals surface area contributed by atoms with Crippen molar-refractivity contribution in [1.82, 2.24) is 14.9 Å². The third-order valence-electron chi connectivity index (χ3n) is 4.11. The highest BCUT2D eigenvalue weighted by molar-refractivity contribution is 6.06. The van der Waals surface area contributed by atoms with Crippen molar-refractivity contribution in [3.8, 4) is 0 Å². The first kappa shape index (κ1) is 9.82. The first-order chi connectivity index (χ1) is 8.71. The summed E-state index contributed by atoms with van der Waals surface area (Å²) >= 11 is 0. The van der Waals surface area contributed by atoms with E-state index >= 15 is 0 Å². The molecular weight excluding hydrogens is 230 g/mol. The molecule has 2 aliphatic heterocycles. The highest BCUT2D eigenvalue weighted by atomic mass is 16.2. The maximum atomic E-state index is 12.1. The Morgan fingerprint density at radius 3 is 2.83 bits per heavy atom. The monoisotopic (exact) mass is 241 g/mol. The zero-order valence-corrected chi connectivity index (χ0v) is 9.59. The predicted octanol–water partition coefficient (Wildman–Crippen LogP) is 0.798. The summed E-state index contributed by atoms with van der Waals surface area (Å²) in [4.78, 5) is 27.9. The van der Waals surface area contributed by atoms with Crippen LogP contribution in [0.3, 0.4) is 0 Å². The van der Waals surface area contributed by atoms with Crippen molar-refractivity contribution in [3.63, 3.8) is 0 Å². The third kappa shape index (κ3) is 0.995. The summed E-state index contributed by atoms with van der Waals surface area (Å²) < 4.78 is 1.92. The summed E-state index contributed by atoms with van der Waals surface area (Å²) in [5.74, 6) is -0.353. The predicted molar refractivity (Wildman–Crippen MR) is 63.6 cm³/mol. The minimum atomic E-state index is -0.602. The second kappa shape index (κ2) is 2.98. The van der Waals surface area contributed by atoms with Crippen molar-refractivity contribution in [2.75, 3.05) is 0 Å². The van der Waals surface area contributed by atoms with Crippen molar-refractivity contribution in [3.05, 3.63) is 30.6 Å². The number of fused-ring (bicyclic) bond motifs is 3. The number of para-hydroxylation sites is 2. The molecular formula is C13H11N3O2. The summed E-state index contributed by atoms with van der Waals surface area (Å²) in [7, 11) is 0. The average molecular weight is 241 g/mol. The number of hydrogen-bond donors (Lipinski definition) is 1. The summed E-state index contributed by atoms with van der Waals surface area (Å²) in [6.07, 6.45) is 2.90. The van der Waals surface area contributed by atoms with Crippen LogP contribution in [0.15, 0.2) is 30.6 Å². The number of imidazole rings is 1. The third-order valence-corrected chi connectivity index (χ3v) is 4.11. The number of carbonyl (C=O) groups excluding carboxylic acids is 2. The molecule has 90 valence electrons. The molecule has 0 spiro atoms. The average Bonchev–Trinajstić information content (AvgIpc) is 2.71. The van der Waals surface area contributed by atoms with E-state index in [1.54, 1.807) is 6.33 Å². The highest BCUT2D eigenvalue weighted by Gasteiger charge is 2.59. The normalized spacial score (nSPS) is 30.1. The molecule has 3 aliphatic rings. The van der Waals surface area contributed by atoms with E-state index < -0.39 is 5.54 Å². The number of carbonyl (C=O) groups is 2. The molecule has 2 aromatic rings. The summed E-state index contributed by atoms with van der Waals surface area (Å²) in [6, 6.07) is 7.73. The molecule has 3 fully saturated rings. The van der Waals surface area contributed by atoms with Crippen LogP contribution < -0.4 is 5.32 Å². The van der Waals surface area contributed by atoms with Gasteiger partial charge in [0.2, 0.25) is 5.91 Å². The fourth-order valence-corrected chi connectivity index (χ4v) is 3.06. The van der Waals surface area contributed by atoms with Gasteiger partial charge in [0, 0.05) is 5.92 Å². The number of amides is 2. The lowest BCUT2D eigenvalue weighted by Gasteiger charge is -2.50. The van der Waals surface area contributed by atoms with Gasteiger partial charge in [-0.1, -0.05) is 12.1 Å². The molecule has 1 saturated carbocycles. The number of nitrogens with zero attached hydrogens (tertiary/aromatic N) is 2. The Kier molecular flexibility index (Phi) is 1.63. The summed E-state index contributed by atoms with van der Waals surface area (Å²) in [5, 5.41) is 2.45. The standard InChI is InChI=1S/C13H11N3O2/c17-11-8-5-13(6-8,12(18)15-11)16-7-14-9-3-1-2-4-10(9)16/h1-4,7-8H,5-6H2,(H,15,17,18). The number of hydrogen-bond acceptors (Lipinski definition) is 3. The van der Waals surface area contributed by atoms with Gasteiger partial charge in [0.1, 0.15) is 5.54 Å². The molecule has 5 rings (SSSR count).